The van der Waals surface area contributed by atoms with Crippen LogP contribution in [-0.2, 0) is 6.54 Å². The minimum absolute atomic E-state index is 0.106. The third-order valence-corrected chi connectivity index (χ3v) is 3.39. The van der Waals surface area contributed by atoms with E-state index in [0.29, 0.717) is 0 Å². The number of aromatic nitrogens is 2. The fourth-order valence-electron chi connectivity index (χ4n) is 2.01. The lowest BCUT2D eigenvalue weighted by molar-refractivity contribution is 0.420. The second kappa shape index (κ2) is 8.98. The summed E-state index contributed by atoms with van der Waals surface area (Å²) < 4.78 is 0. The molecule has 1 heterocycles. The number of unbranched alkanes of at least 4 members (excludes halogenated alkanes) is 2. The lowest BCUT2D eigenvalue weighted by Gasteiger charge is -2.23. The maximum atomic E-state index is 4.42. The molecule has 0 saturated heterocycles. The predicted molar refractivity (Wildman–Crippen MR) is 90.7 cm³/mol. The Labute approximate surface area is 130 Å². The maximum Gasteiger partial charge on any atom is 0.151 e. The summed E-state index contributed by atoms with van der Waals surface area (Å²) in [5, 5.41) is 12.2. The van der Waals surface area contributed by atoms with Crippen LogP contribution in [0.25, 0.3) is 0 Å². The molecule has 0 aliphatic heterocycles. The minimum Gasteiger partial charge on any atom is -0.355 e. The Morgan fingerprint density at radius 3 is 2.05 bits per heavy atom. The molecule has 21 heavy (non-hydrogen) atoms. The van der Waals surface area contributed by atoms with Crippen LogP contribution < -0.4 is 10.2 Å². The maximum absolute atomic E-state index is 4.42. The van der Waals surface area contributed by atoms with Crippen LogP contribution in [0, 0.1) is 0 Å². The van der Waals surface area contributed by atoms with E-state index in [4.69, 9.17) is 0 Å². The van der Waals surface area contributed by atoms with Gasteiger partial charge in [0.1, 0.15) is 0 Å². The van der Waals surface area contributed by atoms with Gasteiger partial charge in [0.15, 0.2) is 5.82 Å². The van der Waals surface area contributed by atoms with Crippen molar-refractivity contribution in [3.63, 3.8) is 0 Å². The molecule has 0 aliphatic carbocycles. The van der Waals surface area contributed by atoms with Crippen molar-refractivity contribution in [1.29, 1.82) is 0 Å². The van der Waals surface area contributed by atoms with Crippen molar-refractivity contribution in [3.8, 4) is 0 Å². The van der Waals surface area contributed by atoms with E-state index < -0.39 is 0 Å². The number of anilines is 1. The van der Waals surface area contributed by atoms with Crippen LogP contribution >= 0.6 is 0 Å². The molecule has 0 radical (unpaired) electrons. The first-order valence-electron chi connectivity index (χ1n) is 8.29. The molecule has 1 N–H and O–H groups in total. The normalized spacial score (nSPS) is 11.7. The molecule has 0 aliphatic rings. The van der Waals surface area contributed by atoms with Gasteiger partial charge in [-0.15, -0.1) is 5.10 Å². The summed E-state index contributed by atoms with van der Waals surface area (Å²) in [5.74, 6) is 1.01. The van der Waals surface area contributed by atoms with Crippen molar-refractivity contribution in [3.05, 3.63) is 17.8 Å². The second-order valence-electron chi connectivity index (χ2n) is 6.68. The lowest BCUT2D eigenvalue weighted by atomic mass is 10.1. The van der Waals surface area contributed by atoms with Crippen molar-refractivity contribution < 1.29 is 0 Å². The molecule has 1 aromatic heterocycles. The molecule has 0 spiro atoms. The Kier molecular flexibility index (Phi) is 7.65. The second-order valence-corrected chi connectivity index (χ2v) is 6.68. The average Bonchev–Trinajstić information content (AvgIpc) is 2.45. The van der Waals surface area contributed by atoms with E-state index in [0.717, 1.165) is 31.1 Å². The molecular formula is C17H32N4. The molecule has 120 valence electrons. The van der Waals surface area contributed by atoms with E-state index in [9.17, 15) is 0 Å². The van der Waals surface area contributed by atoms with E-state index in [1.54, 1.807) is 0 Å². The van der Waals surface area contributed by atoms with Gasteiger partial charge in [-0.1, -0.05) is 26.7 Å². The van der Waals surface area contributed by atoms with Gasteiger partial charge in [-0.25, -0.2) is 0 Å². The van der Waals surface area contributed by atoms with Gasteiger partial charge in [0.2, 0.25) is 0 Å². The van der Waals surface area contributed by atoms with Crippen molar-refractivity contribution in [2.24, 2.45) is 0 Å². The molecule has 4 nitrogen and oxygen atoms in total. The molecule has 0 amide bonds. The molecular weight excluding hydrogens is 260 g/mol. The SMILES string of the molecule is CCCCN(CCCC)c1ccc(CNC(C)(C)C)nn1. The summed E-state index contributed by atoms with van der Waals surface area (Å²) in [6.45, 7) is 13.8. The van der Waals surface area contributed by atoms with Gasteiger partial charge < -0.3 is 10.2 Å². The zero-order valence-electron chi connectivity index (χ0n) is 14.4. The van der Waals surface area contributed by atoms with Crippen LogP contribution in [0.3, 0.4) is 0 Å². The van der Waals surface area contributed by atoms with E-state index in [1.807, 2.05) is 0 Å². The Morgan fingerprint density at radius 1 is 1.00 bits per heavy atom. The first-order chi connectivity index (χ1) is 9.96. The van der Waals surface area contributed by atoms with Crippen molar-refractivity contribution in [1.82, 2.24) is 15.5 Å². The van der Waals surface area contributed by atoms with Crippen LogP contribution in [0.5, 0.6) is 0 Å². The number of hydrogen-bond acceptors (Lipinski definition) is 4. The molecule has 0 aromatic carbocycles. The van der Waals surface area contributed by atoms with Gasteiger partial charge in [0.05, 0.1) is 5.69 Å². The average molecular weight is 292 g/mol. The zero-order chi connectivity index (χ0) is 15.7. The minimum atomic E-state index is 0.106. The first-order valence-corrected chi connectivity index (χ1v) is 8.29. The largest absolute Gasteiger partial charge is 0.355 e. The summed E-state index contributed by atoms with van der Waals surface area (Å²) in [4.78, 5) is 2.36. The number of nitrogens with one attached hydrogen (secondary N) is 1. The van der Waals surface area contributed by atoms with Crippen LogP contribution in [0.4, 0.5) is 5.82 Å². The Morgan fingerprint density at radius 2 is 1.62 bits per heavy atom. The summed E-state index contributed by atoms with van der Waals surface area (Å²) in [6.07, 6.45) is 4.84. The molecule has 0 saturated carbocycles. The van der Waals surface area contributed by atoms with E-state index in [1.165, 1.54) is 25.7 Å². The predicted octanol–water partition coefficient (Wildman–Crippen LogP) is 3.77. The van der Waals surface area contributed by atoms with Crippen molar-refractivity contribution in [2.75, 3.05) is 18.0 Å². The molecule has 0 bridgehead atoms. The highest BCUT2D eigenvalue weighted by atomic mass is 15.3. The van der Waals surface area contributed by atoms with Gasteiger partial charge in [-0.05, 0) is 45.7 Å². The van der Waals surface area contributed by atoms with E-state index >= 15 is 0 Å². The van der Waals surface area contributed by atoms with Gasteiger partial charge in [-0.3, -0.25) is 0 Å². The van der Waals surface area contributed by atoms with Crippen LogP contribution in [-0.4, -0.2) is 28.8 Å². The highest BCUT2D eigenvalue weighted by molar-refractivity contribution is 5.37. The first kappa shape index (κ1) is 17.9. The number of nitrogens with zero attached hydrogens (tertiary/aromatic N) is 3. The Hall–Kier alpha value is -1.16. The lowest BCUT2D eigenvalue weighted by Crippen LogP contribution is -2.35. The monoisotopic (exact) mass is 292 g/mol. The number of rotatable bonds is 9. The molecule has 0 unspecified atom stereocenters. The Balaban J connectivity index is 2.63. The zero-order valence-corrected chi connectivity index (χ0v) is 14.4. The fourth-order valence-corrected chi connectivity index (χ4v) is 2.01. The smallest absolute Gasteiger partial charge is 0.151 e. The quantitative estimate of drug-likeness (QED) is 0.752. The van der Waals surface area contributed by atoms with Crippen LogP contribution in [0.1, 0.15) is 66.0 Å². The highest BCUT2D eigenvalue weighted by Gasteiger charge is 2.11. The summed E-state index contributed by atoms with van der Waals surface area (Å²) in [5.41, 5.74) is 1.11. The summed E-state index contributed by atoms with van der Waals surface area (Å²) in [6, 6.07) is 4.20. The third kappa shape index (κ3) is 7.42. The van der Waals surface area contributed by atoms with Crippen LogP contribution in [0.15, 0.2) is 12.1 Å². The van der Waals surface area contributed by atoms with E-state index in [2.05, 4.69) is 67.2 Å². The summed E-state index contributed by atoms with van der Waals surface area (Å²) >= 11 is 0. The van der Waals surface area contributed by atoms with E-state index in [-0.39, 0.29) is 5.54 Å². The van der Waals surface area contributed by atoms with Crippen LogP contribution in [0.2, 0.25) is 0 Å². The topological polar surface area (TPSA) is 41.0 Å². The van der Waals surface area contributed by atoms with Crippen molar-refractivity contribution in [2.45, 2.75) is 72.4 Å². The van der Waals surface area contributed by atoms with Gasteiger partial charge in [0.25, 0.3) is 0 Å². The summed E-state index contributed by atoms with van der Waals surface area (Å²) in [7, 11) is 0. The third-order valence-electron chi connectivity index (χ3n) is 3.39. The molecule has 4 heteroatoms. The molecule has 1 aromatic rings. The van der Waals surface area contributed by atoms with Gasteiger partial charge in [0, 0.05) is 25.2 Å². The van der Waals surface area contributed by atoms with Gasteiger partial charge >= 0.3 is 0 Å². The molecule has 1 rings (SSSR count). The molecule has 0 fully saturated rings. The standard InChI is InChI=1S/C17H32N4/c1-6-8-12-21(13-9-7-2)16-11-10-15(19-20-16)14-18-17(3,4)5/h10-11,18H,6-9,12-14H2,1-5H3. The van der Waals surface area contributed by atoms with Gasteiger partial charge in [-0.2, -0.15) is 5.10 Å². The fraction of sp³-hybridized carbons (Fsp3) is 0.765. The Bertz CT molecular complexity index is 373. The molecule has 0 atom stereocenters. The number of hydrogen-bond donors (Lipinski definition) is 1. The van der Waals surface area contributed by atoms with Crippen molar-refractivity contribution >= 4 is 5.82 Å². The highest BCUT2D eigenvalue weighted by Crippen LogP contribution is 2.12.